The Kier molecular flexibility index (Phi) is 7.16. The summed E-state index contributed by atoms with van der Waals surface area (Å²) in [6, 6.07) is 69.8. The van der Waals surface area contributed by atoms with Crippen LogP contribution in [0.2, 0.25) is 0 Å². The van der Waals surface area contributed by atoms with Gasteiger partial charge < -0.3 is 9.32 Å². The lowest BCUT2D eigenvalue weighted by atomic mass is 9.82. The third-order valence-electron chi connectivity index (χ3n) is 14.4. The SMILES string of the molecule is CC1(C)c2ccccc2-c2ccc(N(c3ccc4c(c3)C(C)(C)c3ccccc3-4)c3ccc4c(c3)oc3c(-c5cc6ccccc6c6ccccc56)c5ccccc5cc34)cc21. The van der Waals surface area contributed by atoms with Crippen LogP contribution in [0.25, 0.3) is 87.6 Å². The van der Waals surface area contributed by atoms with E-state index in [4.69, 9.17) is 4.42 Å². The van der Waals surface area contributed by atoms with Gasteiger partial charge in [0.25, 0.3) is 0 Å². The molecule has 2 aliphatic carbocycles. The molecule has 0 N–H and O–H groups in total. The van der Waals surface area contributed by atoms with Crippen molar-refractivity contribution in [2.24, 2.45) is 0 Å². The molecule has 1 heterocycles. The summed E-state index contributed by atoms with van der Waals surface area (Å²) in [5.41, 5.74) is 17.9. The van der Waals surface area contributed by atoms with Gasteiger partial charge in [-0.25, -0.2) is 0 Å². The zero-order valence-corrected chi connectivity index (χ0v) is 35.3. The Labute approximate surface area is 361 Å². The summed E-state index contributed by atoms with van der Waals surface area (Å²) in [5, 5.41) is 9.56. The van der Waals surface area contributed by atoms with Gasteiger partial charge in [-0.2, -0.15) is 0 Å². The second-order valence-electron chi connectivity index (χ2n) is 18.5. The Hall–Kier alpha value is -7.42. The van der Waals surface area contributed by atoms with E-state index in [2.05, 4.69) is 221 Å². The normalized spacial score (nSPS) is 14.4. The molecule has 2 heteroatoms. The molecule has 1 aromatic heterocycles. The maximum absolute atomic E-state index is 7.24. The van der Waals surface area contributed by atoms with Crippen molar-refractivity contribution in [1.82, 2.24) is 0 Å². The van der Waals surface area contributed by atoms with E-state index in [-0.39, 0.29) is 10.8 Å². The number of rotatable bonds is 4. The first kappa shape index (κ1) is 35.3. The van der Waals surface area contributed by atoms with Crippen LogP contribution in [0.5, 0.6) is 0 Å². The molecule has 0 aliphatic heterocycles. The lowest BCUT2D eigenvalue weighted by molar-refractivity contribution is 0.660. The molecule has 11 aromatic rings. The van der Waals surface area contributed by atoms with E-state index in [1.807, 2.05) is 0 Å². The molecule has 0 saturated carbocycles. The molecule has 0 fully saturated rings. The number of benzene rings is 10. The molecule has 2 nitrogen and oxygen atoms in total. The summed E-state index contributed by atoms with van der Waals surface area (Å²) in [6.45, 7) is 9.45. The van der Waals surface area contributed by atoms with E-state index in [9.17, 15) is 0 Å². The van der Waals surface area contributed by atoms with Gasteiger partial charge in [0, 0.05) is 50.3 Å². The van der Waals surface area contributed by atoms with Crippen LogP contribution in [0.3, 0.4) is 0 Å². The quantitative estimate of drug-likeness (QED) is 0.165. The van der Waals surface area contributed by atoms with Crippen molar-refractivity contribution >= 4 is 71.3 Å². The minimum Gasteiger partial charge on any atom is -0.455 e. The molecule has 0 saturated heterocycles. The van der Waals surface area contributed by atoms with E-state index < -0.39 is 0 Å². The Morgan fingerprint density at radius 2 is 0.823 bits per heavy atom. The molecule has 2 aliphatic rings. The number of hydrogen-bond donors (Lipinski definition) is 0. The monoisotopic (exact) mass is 793 g/mol. The van der Waals surface area contributed by atoms with Crippen LogP contribution in [0.4, 0.5) is 17.1 Å². The number of fused-ring (bicyclic) bond motifs is 13. The largest absolute Gasteiger partial charge is 0.455 e. The molecule has 0 radical (unpaired) electrons. The van der Waals surface area contributed by atoms with Crippen LogP contribution in [0.15, 0.2) is 192 Å². The lowest BCUT2D eigenvalue weighted by Crippen LogP contribution is -2.18. The van der Waals surface area contributed by atoms with Crippen LogP contribution in [0.1, 0.15) is 49.9 Å². The highest BCUT2D eigenvalue weighted by molar-refractivity contribution is 6.23. The number of furan rings is 1. The van der Waals surface area contributed by atoms with Crippen molar-refractivity contribution in [2.75, 3.05) is 4.90 Å². The van der Waals surface area contributed by atoms with Crippen molar-refractivity contribution in [3.8, 4) is 33.4 Å². The summed E-state index contributed by atoms with van der Waals surface area (Å²) in [6.07, 6.45) is 0. The molecular formula is C60H43NO. The van der Waals surface area contributed by atoms with Gasteiger partial charge in [-0.3, -0.25) is 0 Å². The minimum atomic E-state index is -0.136. The number of anilines is 3. The summed E-state index contributed by atoms with van der Waals surface area (Å²) in [4.78, 5) is 2.44. The molecular weight excluding hydrogens is 751 g/mol. The average molecular weight is 794 g/mol. The van der Waals surface area contributed by atoms with E-state index in [0.717, 1.165) is 44.6 Å². The van der Waals surface area contributed by atoms with Crippen molar-refractivity contribution < 1.29 is 4.42 Å². The van der Waals surface area contributed by atoms with Gasteiger partial charge in [0.05, 0.1) is 0 Å². The van der Waals surface area contributed by atoms with E-state index in [1.54, 1.807) is 0 Å². The number of nitrogens with zero attached hydrogens (tertiary/aromatic N) is 1. The Morgan fingerprint density at radius 1 is 0.339 bits per heavy atom. The van der Waals surface area contributed by atoms with E-state index >= 15 is 0 Å². The van der Waals surface area contributed by atoms with Gasteiger partial charge in [0.2, 0.25) is 0 Å². The smallest absolute Gasteiger partial charge is 0.143 e. The highest BCUT2D eigenvalue weighted by atomic mass is 16.3. The first-order valence-corrected chi connectivity index (χ1v) is 21.8. The summed E-state index contributed by atoms with van der Waals surface area (Å²) in [5.74, 6) is 0. The van der Waals surface area contributed by atoms with Gasteiger partial charge in [-0.15, -0.1) is 0 Å². The molecule has 0 bridgehead atoms. The molecule has 10 aromatic carbocycles. The fourth-order valence-corrected chi connectivity index (χ4v) is 11.3. The number of hydrogen-bond acceptors (Lipinski definition) is 2. The second-order valence-corrected chi connectivity index (χ2v) is 18.5. The van der Waals surface area contributed by atoms with E-state index in [0.29, 0.717) is 0 Å². The highest BCUT2D eigenvalue weighted by Crippen LogP contribution is 2.54. The predicted octanol–water partition coefficient (Wildman–Crippen LogP) is 16.8. The Balaban J connectivity index is 1.05. The average Bonchev–Trinajstić information content (AvgIpc) is 3.86. The van der Waals surface area contributed by atoms with Gasteiger partial charge >= 0.3 is 0 Å². The van der Waals surface area contributed by atoms with Crippen molar-refractivity contribution in [3.63, 3.8) is 0 Å². The summed E-state index contributed by atoms with van der Waals surface area (Å²) in [7, 11) is 0. The van der Waals surface area contributed by atoms with Crippen molar-refractivity contribution in [3.05, 3.63) is 210 Å². The third-order valence-corrected chi connectivity index (χ3v) is 14.4. The van der Waals surface area contributed by atoms with Crippen molar-refractivity contribution in [1.29, 1.82) is 0 Å². The summed E-state index contributed by atoms with van der Waals surface area (Å²) >= 11 is 0. The Bertz CT molecular complexity index is 3600. The van der Waals surface area contributed by atoms with Crippen LogP contribution >= 0.6 is 0 Å². The first-order valence-electron chi connectivity index (χ1n) is 21.8. The van der Waals surface area contributed by atoms with Gasteiger partial charge in [0.1, 0.15) is 11.2 Å². The lowest BCUT2D eigenvalue weighted by Gasteiger charge is -2.29. The molecule has 0 amide bonds. The zero-order chi connectivity index (χ0) is 41.5. The predicted molar refractivity (Wildman–Crippen MR) is 261 cm³/mol. The molecule has 294 valence electrons. The Morgan fingerprint density at radius 3 is 1.47 bits per heavy atom. The van der Waals surface area contributed by atoms with Crippen LogP contribution in [0, 0.1) is 0 Å². The van der Waals surface area contributed by atoms with Crippen molar-refractivity contribution in [2.45, 2.75) is 38.5 Å². The van der Waals surface area contributed by atoms with Crippen LogP contribution in [-0.2, 0) is 10.8 Å². The van der Waals surface area contributed by atoms with Crippen LogP contribution in [-0.4, -0.2) is 0 Å². The molecule has 0 unspecified atom stereocenters. The molecule has 62 heavy (non-hydrogen) atoms. The molecule has 0 atom stereocenters. The maximum Gasteiger partial charge on any atom is 0.143 e. The van der Waals surface area contributed by atoms with Gasteiger partial charge in [-0.05, 0) is 131 Å². The first-order chi connectivity index (χ1) is 30.3. The fraction of sp³-hybridized carbons (Fsp3) is 0.100. The standard InChI is InChI=1S/C60H43NO/c1-59(2)52-23-13-11-21-45(52)47-28-25-38(33-54(47)59)61(39-26-29-48-46-22-12-14-24-53(46)60(3,4)55(48)34-39)40-27-30-49-51-32-37-16-6-8-18-42(37)57(58(51)62-56(49)35-40)50-31-36-15-5-7-17-41(36)43-19-9-10-20-44(43)50/h5-35H,1-4H3. The van der Waals surface area contributed by atoms with Crippen LogP contribution < -0.4 is 4.90 Å². The summed E-state index contributed by atoms with van der Waals surface area (Å²) < 4.78 is 7.24. The fourth-order valence-electron chi connectivity index (χ4n) is 11.3. The molecule has 13 rings (SSSR count). The second kappa shape index (κ2) is 12.6. The van der Waals surface area contributed by atoms with Gasteiger partial charge in [-0.1, -0.05) is 161 Å². The highest BCUT2D eigenvalue weighted by Gasteiger charge is 2.38. The topological polar surface area (TPSA) is 16.4 Å². The minimum absolute atomic E-state index is 0.136. The zero-order valence-electron chi connectivity index (χ0n) is 35.3. The maximum atomic E-state index is 7.24. The third kappa shape index (κ3) is 4.81. The van der Waals surface area contributed by atoms with Gasteiger partial charge in [0.15, 0.2) is 0 Å². The molecule has 0 spiro atoms. The van der Waals surface area contributed by atoms with E-state index in [1.165, 1.54) is 82.4 Å².